The fraction of sp³-hybridized carbons (Fsp3) is 0.800. The Hall–Kier alpha value is -0.690. The van der Waals surface area contributed by atoms with E-state index < -0.39 is 0 Å². The summed E-state index contributed by atoms with van der Waals surface area (Å²) in [7, 11) is 6.03. The van der Waals surface area contributed by atoms with Crippen molar-refractivity contribution in [3.05, 3.63) is 10.6 Å². The minimum absolute atomic E-state index is 0.591. The first-order chi connectivity index (χ1) is 10.2. The highest BCUT2D eigenvalue weighted by Crippen LogP contribution is 2.32. The van der Waals surface area contributed by atoms with Gasteiger partial charge in [0.15, 0.2) is 5.13 Å². The van der Waals surface area contributed by atoms with Gasteiger partial charge in [-0.15, -0.1) is 11.3 Å². The van der Waals surface area contributed by atoms with E-state index in [1.54, 1.807) is 7.11 Å². The van der Waals surface area contributed by atoms with Gasteiger partial charge >= 0.3 is 0 Å². The van der Waals surface area contributed by atoms with E-state index in [1.165, 1.54) is 22.9 Å². The SMILES string of the molecule is CCNCc1sc(N2CCCC2CN(C)C)nc1COC. The van der Waals surface area contributed by atoms with E-state index in [2.05, 4.69) is 36.1 Å². The van der Waals surface area contributed by atoms with E-state index in [0.717, 1.165) is 31.9 Å². The summed E-state index contributed by atoms with van der Waals surface area (Å²) in [6.45, 7) is 6.82. The number of nitrogens with zero attached hydrogens (tertiary/aromatic N) is 3. The predicted molar refractivity (Wildman–Crippen MR) is 89.1 cm³/mol. The molecule has 0 spiro atoms. The zero-order valence-electron chi connectivity index (χ0n) is 13.7. The van der Waals surface area contributed by atoms with E-state index in [4.69, 9.17) is 9.72 Å². The molecule has 5 nitrogen and oxygen atoms in total. The van der Waals surface area contributed by atoms with Crippen LogP contribution >= 0.6 is 11.3 Å². The molecule has 6 heteroatoms. The number of aromatic nitrogens is 1. The van der Waals surface area contributed by atoms with Gasteiger partial charge in [0.2, 0.25) is 0 Å². The van der Waals surface area contributed by atoms with Crippen LogP contribution < -0.4 is 10.2 Å². The highest BCUT2D eigenvalue weighted by molar-refractivity contribution is 7.15. The highest BCUT2D eigenvalue weighted by Gasteiger charge is 2.28. The molecule has 1 aliphatic heterocycles. The number of ether oxygens (including phenoxy) is 1. The average Bonchev–Trinajstić information content (AvgIpc) is 3.03. The van der Waals surface area contributed by atoms with Crippen LogP contribution in [0.3, 0.4) is 0 Å². The van der Waals surface area contributed by atoms with Gasteiger partial charge in [-0.25, -0.2) is 4.98 Å². The second-order valence-electron chi connectivity index (χ2n) is 5.83. The molecule has 0 radical (unpaired) electrons. The summed E-state index contributed by atoms with van der Waals surface area (Å²) < 4.78 is 5.31. The van der Waals surface area contributed by atoms with E-state index in [0.29, 0.717) is 12.6 Å². The summed E-state index contributed by atoms with van der Waals surface area (Å²) in [5.41, 5.74) is 1.09. The number of likely N-dealkylation sites (N-methyl/N-ethyl adjacent to an activating group) is 1. The van der Waals surface area contributed by atoms with Gasteiger partial charge in [0, 0.05) is 37.7 Å². The van der Waals surface area contributed by atoms with Gasteiger partial charge in [-0.1, -0.05) is 6.92 Å². The van der Waals surface area contributed by atoms with Crippen molar-refractivity contribution < 1.29 is 4.74 Å². The van der Waals surface area contributed by atoms with Crippen LogP contribution in [-0.4, -0.2) is 56.8 Å². The van der Waals surface area contributed by atoms with Gasteiger partial charge in [0.1, 0.15) is 0 Å². The van der Waals surface area contributed by atoms with Crippen molar-refractivity contribution in [2.75, 3.05) is 45.7 Å². The molecule has 1 aliphatic rings. The van der Waals surface area contributed by atoms with E-state index in [1.807, 2.05) is 11.3 Å². The number of thiazole rings is 1. The third-order valence-corrected chi connectivity index (χ3v) is 4.92. The molecule has 1 aromatic heterocycles. The summed E-state index contributed by atoms with van der Waals surface area (Å²) in [4.78, 5) is 10.9. The van der Waals surface area contributed by atoms with E-state index in [9.17, 15) is 0 Å². The number of methoxy groups -OCH3 is 1. The van der Waals surface area contributed by atoms with Crippen molar-refractivity contribution in [1.82, 2.24) is 15.2 Å². The molecule has 0 aliphatic carbocycles. The van der Waals surface area contributed by atoms with Crippen LogP contribution in [0.5, 0.6) is 0 Å². The molecule has 1 fully saturated rings. The third-order valence-electron chi connectivity index (χ3n) is 3.78. The molecule has 1 saturated heterocycles. The van der Waals surface area contributed by atoms with Gasteiger partial charge < -0.3 is 19.9 Å². The predicted octanol–water partition coefficient (Wildman–Crippen LogP) is 1.93. The number of anilines is 1. The zero-order valence-corrected chi connectivity index (χ0v) is 14.5. The summed E-state index contributed by atoms with van der Waals surface area (Å²) >= 11 is 1.82. The fourth-order valence-electron chi connectivity index (χ4n) is 2.82. The van der Waals surface area contributed by atoms with Crippen molar-refractivity contribution >= 4 is 16.5 Å². The Labute approximate surface area is 132 Å². The molecule has 21 heavy (non-hydrogen) atoms. The minimum atomic E-state index is 0.591. The van der Waals surface area contributed by atoms with Gasteiger partial charge in [-0.05, 0) is 33.5 Å². The standard InChI is InChI=1S/C15H28N4OS/c1-5-16-9-14-13(11-20-4)17-15(21-14)19-8-6-7-12(19)10-18(2)3/h12,16H,5-11H2,1-4H3. The number of hydrogen-bond acceptors (Lipinski definition) is 6. The van der Waals surface area contributed by atoms with Crippen molar-refractivity contribution in [2.24, 2.45) is 0 Å². The summed E-state index contributed by atoms with van der Waals surface area (Å²) in [5.74, 6) is 0. The lowest BCUT2D eigenvalue weighted by molar-refractivity contribution is 0.181. The number of rotatable bonds is 8. The molecule has 1 N–H and O–H groups in total. The summed E-state index contributed by atoms with van der Waals surface area (Å²) in [6, 6.07) is 0.591. The lowest BCUT2D eigenvalue weighted by Gasteiger charge is -2.26. The highest BCUT2D eigenvalue weighted by atomic mass is 32.1. The second-order valence-corrected chi connectivity index (χ2v) is 6.89. The Balaban J connectivity index is 2.14. The molecule has 120 valence electrons. The molecule has 1 atom stereocenters. The molecule has 0 bridgehead atoms. The van der Waals surface area contributed by atoms with Crippen LogP contribution in [0.15, 0.2) is 0 Å². The minimum Gasteiger partial charge on any atom is -0.378 e. The molecule has 0 aromatic carbocycles. The van der Waals surface area contributed by atoms with Crippen molar-refractivity contribution in [1.29, 1.82) is 0 Å². The van der Waals surface area contributed by atoms with Crippen molar-refractivity contribution in [3.63, 3.8) is 0 Å². The molecule has 0 saturated carbocycles. The molecular formula is C15H28N4OS. The molecule has 1 unspecified atom stereocenters. The number of hydrogen-bond donors (Lipinski definition) is 1. The van der Waals surface area contributed by atoms with Crippen LogP contribution in [0.25, 0.3) is 0 Å². The van der Waals surface area contributed by atoms with Crippen LogP contribution in [0.2, 0.25) is 0 Å². The van der Waals surface area contributed by atoms with Crippen molar-refractivity contribution in [2.45, 2.75) is 39.0 Å². The first-order valence-corrected chi connectivity index (χ1v) is 8.57. The zero-order chi connectivity index (χ0) is 15.2. The molecule has 0 amide bonds. The fourth-order valence-corrected chi connectivity index (χ4v) is 3.95. The Morgan fingerprint density at radius 1 is 1.48 bits per heavy atom. The first kappa shape index (κ1) is 16.7. The smallest absolute Gasteiger partial charge is 0.186 e. The Kier molecular flexibility index (Phi) is 6.41. The van der Waals surface area contributed by atoms with Gasteiger partial charge in [-0.3, -0.25) is 0 Å². The van der Waals surface area contributed by atoms with E-state index >= 15 is 0 Å². The van der Waals surface area contributed by atoms with Crippen LogP contribution in [-0.2, 0) is 17.9 Å². The molecule has 2 rings (SSSR count). The lowest BCUT2D eigenvalue weighted by Crippen LogP contribution is -2.37. The van der Waals surface area contributed by atoms with Gasteiger partial charge in [-0.2, -0.15) is 0 Å². The van der Waals surface area contributed by atoms with E-state index in [-0.39, 0.29) is 0 Å². The monoisotopic (exact) mass is 312 g/mol. The van der Waals surface area contributed by atoms with Gasteiger partial charge in [0.05, 0.1) is 12.3 Å². The van der Waals surface area contributed by atoms with Crippen LogP contribution in [0.4, 0.5) is 5.13 Å². The quantitative estimate of drug-likeness (QED) is 0.794. The first-order valence-electron chi connectivity index (χ1n) is 7.75. The van der Waals surface area contributed by atoms with Gasteiger partial charge in [0.25, 0.3) is 0 Å². The van der Waals surface area contributed by atoms with Crippen LogP contribution in [0.1, 0.15) is 30.3 Å². The van der Waals surface area contributed by atoms with Crippen LogP contribution in [0, 0.1) is 0 Å². The summed E-state index contributed by atoms with van der Waals surface area (Å²) in [6.07, 6.45) is 2.53. The molecular weight excluding hydrogens is 284 g/mol. The third kappa shape index (κ3) is 4.39. The Bertz CT molecular complexity index is 435. The Morgan fingerprint density at radius 3 is 2.95 bits per heavy atom. The maximum Gasteiger partial charge on any atom is 0.186 e. The maximum atomic E-state index is 5.31. The maximum absolute atomic E-state index is 5.31. The lowest BCUT2D eigenvalue weighted by atomic mass is 10.2. The average molecular weight is 312 g/mol. The molecule has 2 heterocycles. The van der Waals surface area contributed by atoms with Crippen molar-refractivity contribution in [3.8, 4) is 0 Å². The second kappa shape index (κ2) is 8.08. The number of nitrogens with one attached hydrogen (secondary N) is 1. The molecule has 1 aromatic rings. The normalized spacial score (nSPS) is 18.9. The summed E-state index contributed by atoms with van der Waals surface area (Å²) in [5, 5.41) is 4.56. The Morgan fingerprint density at radius 2 is 2.29 bits per heavy atom. The topological polar surface area (TPSA) is 40.6 Å². The largest absolute Gasteiger partial charge is 0.378 e.